The zero-order chi connectivity index (χ0) is 17.6. The van der Waals surface area contributed by atoms with Gasteiger partial charge in [-0.3, -0.25) is 9.89 Å². The van der Waals surface area contributed by atoms with Crippen molar-refractivity contribution in [3.05, 3.63) is 63.9 Å². The Morgan fingerprint density at radius 2 is 2.12 bits per heavy atom. The van der Waals surface area contributed by atoms with Gasteiger partial charge < -0.3 is 10.1 Å². The largest absolute Gasteiger partial charge is 0.487 e. The lowest BCUT2D eigenvalue weighted by molar-refractivity contribution is 0.0945. The van der Waals surface area contributed by atoms with Crippen LogP contribution in [0.1, 0.15) is 46.6 Å². The number of H-pyrrole nitrogens is 1. The topological polar surface area (TPSA) is 79.9 Å². The summed E-state index contributed by atoms with van der Waals surface area (Å²) in [4.78, 5) is 16.7. The van der Waals surface area contributed by atoms with Crippen molar-refractivity contribution in [1.29, 1.82) is 0 Å². The fourth-order valence-corrected chi connectivity index (χ4v) is 3.00. The highest BCUT2D eigenvalue weighted by Gasteiger charge is 2.12. The van der Waals surface area contributed by atoms with Crippen LogP contribution in [-0.2, 0) is 13.2 Å². The molecule has 0 aliphatic carbocycles. The van der Waals surface area contributed by atoms with E-state index < -0.39 is 0 Å². The van der Waals surface area contributed by atoms with Crippen molar-refractivity contribution in [2.24, 2.45) is 0 Å². The average Bonchev–Trinajstić information content (AvgIpc) is 3.28. The first-order valence-electron chi connectivity index (χ1n) is 8.06. The summed E-state index contributed by atoms with van der Waals surface area (Å²) in [5.74, 6) is 0.932. The SMILES string of the molecule is CC(C)c1nc(CNC(=O)c2cc(COc3ccccc3)[nH]n2)cs1. The number of thiazole rings is 1. The highest BCUT2D eigenvalue weighted by Crippen LogP contribution is 2.19. The third-order valence-electron chi connectivity index (χ3n) is 3.49. The zero-order valence-corrected chi connectivity index (χ0v) is 15.0. The van der Waals surface area contributed by atoms with Crippen LogP contribution < -0.4 is 10.1 Å². The Balaban J connectivity index is 1.51. The third-order valence-corrected chi connectivity index (χ3v) is 4.69. The maximum Gasteiger partial charge on any atom is 0.272 e. The molecule has 3 aromatic rings. The van der Waals surface area contributed by atoms with Crippen molar-refractivity contribution in [3.63, 3.8) is 0 Å². The number of nitrogens with zero attached hydrogens (tertiary/aromatic N) is 2. The molecule has 7 heteroatoms. The molecule has 25 heavy (non-hydrogen) atoms. The van der Waals surface area contributed by atoms with Gasteiger partial charge in [-0.2, -0.15) is 5.10 Å². The lowest BCUT2D eigenvalue weighted by atomic mass is 10.2. The van der Waals surface area contributed by atoms with E-state index in [1.54, 1.807) is 17.4 Å². The van der Waals surface area contributed by atoms with Gasteiger partial charge in [-0.05, 0) is 18.2 Å². The molecule has 0 saturated carbocycles. The maximum atomic E-state index is 12.2. The summed E-state index contributed by atoms with van der Waals surface area (Å²) in [7, 11) is 0. The highest BCUT2D eigenvalue weighted by atomic mass is 32.1. The van der Waals surface area contributed by atoms with E-state index in [9.17, 15) is 4.79 Å². The van der Waals surface area contributed by atoms with Gasteiger partial charge in [-0.1, -0.05) is 32.0 Å². The number of benzene rings is 1. The molecular weight excluding hydrogens is 336 g/mol. The number of carbonyl (C=O) groups excluding carboxylic acids is 1. The Morgan fingerprint density at radius 3 is 2.84 bits per heavy atom. The first-order valence-corrected chi connectivity index (χ1v) is 8.94. The van der Waals surface area contributed by atoms with Crippen molar-refractivity contribution in [2.75, 3.05) is 0 Å². The molecule has 0 radical (unpaired) electrons. The smallest absolute Gasteiger partial charge is 0.272 e. The minimum absolute atomic E-state index is 0.235. The fourth-order valence-electron chi connectivity index (χ4n) is 2.16. The van der Waals surface area contributed by atoms with E-state index in [1.165, 1.54) is 0 Å². The number of amides is 1. The van der Waals surface area contributed by atoms with Crippen molar-refractivity contribution in [1.82, 2.24) is 20.5 Å². The Morgan fingerprint density at radius 1 is 1.32 bits per heavy atom. The van der Waals surface area contributed by atoms with Crippen LogP contribution in [0.2, 0.25) is 0 Å². The summed E-state index contributed by atoms with van der Waals surface area (Å²) in [5.41, 5.74) is 1.95. The zero-order valence-electron chi connectivity index (χ0n) is 14.2. The predicted octanol–water partition coefficient (Wildman–Crippen LogP) is 3.50. The van der Waals surface area contributed by atoms with Crippen LogP contribution >= 0.6 is 11.3 Å². The molecule has 2 heterocycles. The van der Waals surface area contributed by atoms with E-state index in [2.05, 4.69) is 34.3 Å². The Kier molecular flexibility index (Phi) is 5.45. The van der Waals surface area contributed by atoms with E-state index >= 15 is 0 Å². The molecule has 0 bridgehead atoms. The molecular formula is C18H20N4O2S. The van der Waals surface area contributed by atoms with Crippen molar-refractivity contribution in [3.8, 4) is 5.75 Å². The summed E-state index contributed by atoms with van der Waals surface area (Å²) >= 11 is 1.61. The van der Waals surface area contributed by atoms with Gasteiger partial charge in [-0.15, -0.1) is 11.3 Å². The number of carbonyl (C=O) groups is 1. The monoisotopic (exact) mass is 356 g/mol. The molecule has 0 unspecified atom stereocenters. The van der Waals surface area contributed by atoms with E-state index in [4.69, 9.17) is 4.74 Å². The van der Waals surface area contributed by atoms with Gasteiger partial charge in [-0.25, -0.2) is 4.98 Å². The Labute approximate surface area is 150 Å². The molecule has 2 N–H and O–H groups in total. The van der Waals surface area contributed by atoms with Gasteiger partial charge in [0.15, 0.2) is 0 Å². The van der Waals surface area contributed by atoms with E-state index in [0.29, 0.717) is 24.8 Å². The molecule has 0 fully saturated rings. The molecule has 130 valence electrons. The molecule has 0 aliphatic rings. The lowest BCUT2D eigenvalue weighted by Gasteiger charge is -2.03. The number of aromatic nitrogens is 3. The van der Waals surface area contributed by atoms with Crippen LogP contribution in [0.5, 0.6) is 5.75 Å². The number of para-hydroxylation sites is 1. The van der Waals surface area contributed by atoms with Gasteiger partial charge in [0.2, 0.25) is 0 Å². The van der Waals surface area contributed by atoms with Crippen molar-refractivity contribution < 1.29 is 9.53 Å². The summed E-state index contributed by atoms with van der Waals surface area (Å²) in [6, 6.07) is 11.2. The summed E-state index contributed by atoms with van der Waals surface area (Å²) in [5, 5.41) is 12.7. The first-order chi connectivity index (χ1) is 12.1. The predicted molar refractivity (Wildman–Crippen MR) is 96.7 cm³/mol. The van der Waals surface area contributed by atoms with Gasteiger partial charge in [0.05, 0.1) is 22.9 Å². The van der Waals surface area contributed by atoms with Crippen LogP contribution in [0, 0.1) is 0 Å². The van der Waals surface area contributed by atoms with Crippen LogP contribution in [-0.4, -0.2) is 21.1 Å². The van der Waals surface area contributed by atoms with Crippen LogP contribution in [0.3, 0.4) is 0 Å². The van der Waals surface area contributed by atoms with Crippen LogP contribution in [0.15, 0.2) is 41.8 Å². The first kappa shape index (κ1) is 17.2. The minimum Gasteiger partial charge on any atom is -0.487 e. The van der Waals surface area contributed by atoms with E-state index in [-0.39, 0.29) is 5.91 Å². The standard InChI is InChI=1S/C18H20N4O2S/c1-12(2)18-20-14(11-25-18)9-19-17(23)16-8-13(21-22-16)10-24-15-6-4-3-5-7-15/h3-8,11-12H,9-10H2,1-2H3,(H,19,23)(H,21,22). The number of aromatic amines is 1. The van der Waals surface area contributed by atoms with Crippen LogP contribution in [0.4, 0.5) is 0 Å². The third kappa shape index (κ3) is 4.67. The second kappa shape index (κ2) is 7.94. The molecule has 1 aromatic carbocycles. The fraction of sp³-hybridized carbons (Fsp3) is 0.278. The highest BCUT2D eigenvalue weighted by molar-refractivity contribution is 7.09. The molecule has 0 spiro atoms. The summed E-state index contributed by atoms with van der Waals surface area (Å²) in [6.45, 7) is 4.92. The van der Waals surface area contributed by atoms with E-state index in [1.807, 2.05) is 35.7 Å². The normalized spacial score (nSPS) is 10.8. The van der Waals surface area contributed by atoms with Crippen molar-refractivity contribution in [2.45, 2.75) is 32.9 Å². The molecule has 0 saturated heterocycles. The molecule has 3 rings (SSSR count). The maximum absolute atomic E-state index is 12.2. The van der Waals surface area contributed by atoms with Gasteiger partial charge >= 0.3 is 0 Å². The number of ether oxygens (including phenoxy) is 1. The summed E-state index contributed by atoms with van der Waals surface area (Å²) < 4.78 is 5.63. The van der Waals surface area contributed by atoms with Gasteiger partial charge in [0.25, 0.3) is 5.91 Å². The Hall–Kier alpha value is -2.67. The second-order valence-electron chi connectivity index (χ2n) is 5.89. The second-order valence-corrected chi connectivity index (χ2v) is 6.78. The molecule has 1 amide bonds. The Bertz CT molecular complexity index is 826. The lowest BCUT2D eigenvalue weighted by Crippen LogP contribution is -2.23. The minimum atomic E-state index is -0.235. The van der Waals surface area contributed by atoms with Crippen molar-refractivity contribution >= 4 is 17.2 Å². The molecule has 0 atom stereocenters. The van der Waals surface area contributed by atoms with E-state index in [0.717, 1.165) is 22.1 Å². The number of rotatable bonds is 7. The van der Waals surface area contributed by atoms with Crippen LogP contribution in [0.25, 0.3) is 0 Å². The molecule has 6 nitrogen and oxygen atoms in total. The average molecular weight is 356 g/mol. The number of hydrogen-bond donors (Lipinski definition) is 2. The van der Waals surface area contributed by atoms with Gasteiger partial charge in [0, 0.05) is 11.3 Å². The summed E-state index contributed by atoms with van der Waals surface area (Å²) in [6.07, 6.45) is 0. The molecule has 2 aromatic heterocycles. The van der Waals surface area contributed by atoms with Gasteiger partial charge in [0.1, 0.15) is 18.1 Å². The quantitative estimate of drug-likeness (QED) is 0.679. The molecule has 0 aliphatic heterocycles. The number of hydrogen-bond acceptors (Lipinski definition) is 5. The number of nitrogens with one attached hydrogen (secondary N) is 2.